The molecule has 100 valence electrons. The first-order valence-corrected chi connectivity index (χ1v) is 7.72. The summed E-state index contributed by atoms with van der Waals surface area (Å²) < 4.78 is 1.29. The average Bonchev–Trinajstić information content (AvgIpc) is 2.40. The molecule has 0 aliphatic heterocycles. The van der Waals surface area contributed by atoms with Crippen molar-refractivity contribution < 1.29 is 0 Å². The van der Waals surface area contributed by atoms with E-state index in [9.17, 15) is 0 Å². The molecule has 0 spiro atoms. The Morgan fingerprint density at radius 3 is 2.32 bits per heavy atom. The fourth-order valence-corrected chi connectivity index (χ4v) is 2.66. The maximum atomic E-state index is 3.43. The second-order valence-electron chi connectivity index (χ2n) is 5.01. The standard InChI is InChI=1S/C17H20IN/c1-13-4-3-5-15(10-13)12-17(19-2)11-14-6-8-16(18)9-7-14/h3-10,17,19H,11-12H2,1-2H3. The van der Waals surface area contributed by atoms with Crippen molar-refractivity contribution >= 4 is 22.6 Å². The summed E-state index contributed by atoms with van der Waals surface area (Å²) >= 11 is 2.35. The van der Waals surface area contributed by atoms with Crippen LogP contribution in [-0.4, -0.2) is 13.1 Å². The van der Waals surface area contributed by atoms with Crippen LogP contribution in [-0.2, 0) is 12.8 Å². The molecule has 2 aromatic carbocycles. The Hall–Kier alpha value is -0.870. The number of likely N-dealkylation sites (N-methyl/N-ethyl adjacent to an activating group) is 1. The van der Waals surface area contributed by atoms with Gasteiger partial charge in [-0.3, -0.25) is 0 Å². The molecular formula is C17H20IN. The minimum absolute atomic E-state index is 0.488. The van der Waals surface area contributed by atoms with E-state index in [2.05, 4.69) is 83.4 Å². The molecule has 0 bridgehead atoms. The zero-order valence-corrected chi connectivity index (χ0v) is 13.6. The van der Waals surface area contributed by atoms with Crippen LogP contribution in [0.2, 0.25) is 0 Å². The zero-order valence-electron chi connectivity index (χ0n) is 11.5. The van der Waals surface area contributed by atoms with Crippen LogP contribution >= 0.6 is 22.6 Å². The number of nitrogens with one attached hydrogen (secondary N) is 1. The highest BCUT2D eigenvalue weighted by molar-refractivity contribution is 14.1. The molecule has 0 radical (unpaired) electrons. The Kier molecular flexibility index (Phi) is 5.40. The summed E-state index contributed by atoms with van der Waals surface area (Å²) in [6.45, 7) is 2.15. The third kappa shape index (κ3) is 4.62. The molecule has 0 aromatic heterocycles. The van der Waals surface area contributed by atoms with Crippen molar-refractivity contribution in [2.45, 2.75) is 25.8 Å². The Bertz CT molecular complexity index is 519. The lowest BCUT2D eigenvalue weighted by Gasteiger charge is -2.16. The number of aryl methyl sites for hydroxylation is 1. The maximum absolute atomic E-state index is 3.43. The molecule has 0 aliphatic rings. The highest BCUT2D eigenvalue weighted by Gasteiger charge is 2.08. The third-order valence-electron chi connectivity index (χ3n) is 3.37. The summed E-state index contributed by atoms with van der Waals surface area (Å²) in [6, 6.07) is 18.1. The van der Waals surface area contributed by atoms with Crippen molar-refractivity contribution in [3.05, 3.63) is 68.8 Å². The molecule has 0 saturated carbocycles. The second-order valence-corrected chi connectivity index (χ2v) is 6.25. The number of rotatable bonds is 5. The van der Waals surface area contributed by atoms with Gasteiger partial charge in [0.15, 0.2) is 0 Å². The van der Waals surface area contributed by atoms with Crippen molar-refractivity contribution in [1.29, 1.82) is 0 Å². The highest BCUT2D eigenvalue weighted by Crippen LogP contribution is 2.12. The van der Waals surface area contributed by atoms with Gasteiger partial charge in [-0.05, 0) is 72.7 Å². The van der Waals surface area contributed by atoms with Gasteiger partial charge < -0.3 is 5.32 Å². The summed E-state index contributed by atoms with van der Waals surface area (Å²) in [4.78, 5) is 0. The molecule has 0 aliphatic carbocycles. The first kappa shape index (κ1) is 14.5. The summed E-state index contributed by atoms with van der Waals surface area (Å²) in [5.74, 6) is 0. The zero-order chi connectivity index (χ0) is 13.7. The van der Waals surface area contributed by atoms with E-state index in [0.717, 1.165) is 12.8 Å². The first-order valence-electron chi connectivity index (χ1n) is 6.64. The van der Waals surface area contributed by atoms with E-state index < -0.39 is 0 Å². The van der Waals surface area contributed by atoms with E-state index in [-0.39, 0.29) is 0 Å². The minimum atomic E-state index is 0.488. The van der Waals surface area contributed by atoms with Crippen LogP contribution in [0.15, 0.2) is 48.5 Å². The fourth-order valence-electron chi connectivity index (χ4n) is 2.30. The Morgan fingerprint density at radius 2 is 1.68 bits per heavy atom. The molecule has 19 heavy (non-hydrogen) atoms. The molecule has 1 atom stereocenters. The van der Waals surface area contributed by atoms with Gasteiger partial charge in [0.1, 0.15) is 0 Å². The van der Waals surface area contributed by atoms with Crippen molar-refractivity contribution in [3.63, 3.8) is 0 Å². The maximum Gasteiger partial charge on any atom is 0.0145 e. The number of benzene rings is 2. The van der Waals surface area contributed by atoms with E-state index in [1.807, 2.05) is 7.05 Å². The molecule has 1 N–H and O–H groups in total. The topological polar surface area (TPSA) is 12.0 Å². The molecule has 2 rings (SSSR count). The average molecular weight is 365 g/mol. The molecule has 2 aromatic rings. The van der Waals surface area contributed by atoms with Gasteiger partial charge in [0, 0.05) is 9.61 Å². The Labute approximate surface area is 129 Å². The quantitative estimate of drug-likeness (QED) is 0.791. The Balaban J connectivity index is 2.02. The molecule has 0 fully saturated rings. The van der Waals surface area contributed by atoms with E-state index in [1.54, 1.807) is 0 Å². The van der Waals surface area contributed by atoms with Crippen LogP contribution in [0, 0.1) is 10.5 Å². The van der Waals surface area contributed by atoms with Crippen LogP contribution in [0.3, 0.4) is 0 Å². The van der Waals surface area contributed by atoms with E-state index in [4.69, 9.17) is 0 Å². The number of hydrogen-bond acceptors (Lipinski definition) is 1. The minimum Gasteiger partial charge on any atom is -0.316 e. The SMILES string of the molecule is CNC(Cc1ccc(I)cc1)Cc1cccc(C)c1. The predicted molar refractivity (Wildman–Crippen MR) is 90.6 cm³/mol. The van der Waals surface area contributed by atoms with Crippen molar-refractivity contribution in [2.24, 2.45) is 0 Å². The lowest BCUT2D eigenvalue weighted by molar-refractivity contribution is 0.556. The van der Waals surface area contributed by atoms with Crippen molar-refractivity contribution in [2.75, 3.05) is 7.05 Å². The Morgan fingerprint density at radius 1 is 1.00 bits per heavy atom. The molecule has 0 heterocycles. The summed E-state index contributed by atoms with van der Waals surface area (Å²) in [7, 11) is 2.05. The largest absolute Gasteiger partial charge is 0.316 e. The summed E-state index contributed by atoms with van der Waals surface area (Å²) in [5, 5.41) is 3.43. The molecular weight excluding hydrogens is 345 g/mol. The molecule has 0 saturated heterocycles. The molecule has 0 amide bonds. The normalized spacial score (nSPS) is 12.4. The van der Waals surface area contributed by atoms with Gasteiger partial charge in [-0.15, -0.1) is 0 Å². The van der Waals surface area contributed by atoms with Gasteiger partial charge in [-0.1, -0.05) is 42.0 Å². The summed E-state index contributed by atoms with van der Waals surface area (Å²) in [5.41, 5.74) is 4.14. The van der Waals surface area contributed by atoms with Gasteiger partial charge in [0.05, 0.1) is 0 Å². The lowest BCUT2D eigenvalue weighted by atomic mass is 9.98. The highest BCUT2D eigenvalue weighted by atomic mass is 127. The third-order valence-corrected chi connectivity index (χ3v) is 4.09. The van der Waals surface area contributed by atoms with Gasteiger partial charge in [-0.25, -0.2) is 0 Å². The lowest BCUT2D eigenvalue weighted by Crippen LogP contribution is -2.29. The number of halogens is 1. The predicted octanol–water partition coefficient (Wildman–Crippen LogP) is 3.97. The van der Waals surface area contributed by atoms with E-state index >= 15 is 0 Å². The number of hydrogen-bond donors (Lipinski definition) is 1. The van der Waals surface area contributed by atoms with Crippen molar-refractivity contribution in [1.82, 2.24) is 5.32 Å². The fraction of sp³-hybridized carbons (Fsp3) is 0.294. The summed E-state index contributed by atoms with van der Waals surface area (Å²) in [6.07, 6.45) is 2.14. The van der Waals surface area contributed by atoms with Crippen molar-refractivity contribution in [3.8, 4) is 0 Å². The van der Waals surface area contributed by atoms with Gasteiger partial charge in [0.2, 0.25) is 0 Å². The molecule has 1 nitrogen and oxygen atoms in total. The first-order chi connectivity index (χ1) is 9.17. The van der Waals surface area contributed by atoms with Gasteiger partial charge >= 0.3 is 0 Å². The van der Waals surface area contributed by atoms with E-state index in [1.165, 1.54) is 20.3 Å². The smallest absolute Gasteiger partial charge is 0.0145 e. The van der Waals surface area contributed by atoms with Crippen LogP contribution in [0.4, 0.5) is 0 Å². The van der Waals surface area contributed by atoms with Crippen LogP contribution in [0.5, 0.6) is 0 Å². The van der Waals surface area contributed by atoms with Crippen LogP contribution in [0.1, 0.15) is 16.7 Å². The van der Waals surface area contributed by atoms with Gasteiger partial charge in [-0.2, -0.15) is 0 Å². The molecule has 1 unspecified atom stereocenters. The second kappa shape index (κ2) is 7.06. The van der Waals surface area contributed by atoms with E-state index in [0.29, 0.717) is 6.04 Å². The van der Waals surface area contributed by atoms with Gasteiger partial charge in [0.25, 0.3) is 0 Å². The van der Waals surface area contributed by atoms with Crippen LogP contribution in [0.25, 0.3) is 0 Å². The molecule has 2 heteroatoms. The monoisotopic (exact) mass is 365 g/mol. The van der Waals surface area contributed by atoms with Crippen LogP contribution < -0.4 is 5.32 Å².